The number of carbonyl (C=O) groups is 2. The van der Waals surface area contributed by atoms with Gasteiger partial charge in [-0.05, 0) is 17.7 Å². The normalized spacial score (nSPS) is 31.2. The van der Waals surface area contributed by atoms with E-state index in [0.717, 1.165) is 0 Å². The third-order valence-corrected chi connectivity index (χ3v) is 5.40. The zero-order valence-electron chi connectivity index (χ0n) is 14.3. The zero-order valence-corrected chi connectivity index (χ0v) is 14.3. The number of hydrogen-bond donors (Lipinski definition) is 1. The Bertz CT molecular complexity index is 848. The Labute approximate surface area is 149 Å². The second-order valence-corrected chi connectivity index (χ2v) is 6.46. The molecule has 8 nitrogen and oxygen atoms in total. The third kappa shape index (κ3) is 1.99. The molecule has 0 aromatic heterocycles. The first-order valence-corrected chi connectivity index (χ1v) is 8.19. The Morgan fingerprint density at radius 3 is 2.85 bits per heavy atom. The summed E-state index contributed by atoms with van der Waals surface area (Å²) in [5.41, 5.74) is 0.802. The maximum absolute atomic E-state index is 13.4. The molecule has 4 aliphatic rings. The van der Waals surface area contributed by atoms with Crippen molar-refractivity contribution < 1.29 is 29.1 Å². The number of para-hydroxylation sites is 1. The Morgan fingerprint density at radius 2 is 2.15 bits per heavy atom. The van der Waals surface area contributed by atoms with Crippen molar-refractivity contribution in [3.63, 3.8) is 0 Å². The predicted octanol–water partition coefficient (Wildman–Crippen LogP) is 1.18. The molecule has 136 valence electrons. The third-order valence-electron chi connectivity index (χ3n) is 5.40. The summed E-state index contributed by atoms with van der Waals surface area (Å²) in [6.07, 6.45) is 1.03. The Morgan fingerprint density at radius 1 is 1.38 bits per heavy atom. The summed E-state index contributed by atoms with van der Waals surface area (Å²) in [6.45, 7) is 0.134. The zero-order chi connectivity index (χ0) is 18.5. The number of anilines is 1. The maximum Gasteiger partial charge on any atom is 0.334 e. The molecule has 1 amide bonds. The maximum atomic E-state index is 13.4. The molecule has 0 radical (unpaired) electrons. The minimum atomic E-state index is -1.17. The molecule has 1 N–H and O–H groups in total. The number of hydrogen-bond acceptors (Lipinski definition) is 7. The van der Waals surface area contributed by atoms with Crippen LogP contribution >= 0.6 is 0 Å². The van der Waals surface area contributed by atoms with Crippen molar-refractivity contribution in [2.45, 2.75) is 17.9 Å². The molecule has 1 aromatic rings. The summed E-state index contributed by atoms with van der Waals surface area (Å²) in [7, 11) is 2.70. The molecule has 1 aromatic carbocycles. The van der Waals surface area contributed by atoms with Crippen molar-refractivity contribution in [3.8, 4) is 0 Å². The summed E-state index contributed by atoms with van der Waals surface area (Å²) < 4.78 is 10.8. The van der Waals surface area contributed by atoms with Crippen molar-refractivity contribution in [2.75, 3.05) is 25.9 Å². The summed E-state index contributed by atoms with van der Waals surface area (Å²) in [6, 6.07) is 7.24. The monoisotopic (exact) mass is 358 g/mol. The van der Waals surface area contributed by atoms with E-state index in [1.54, 1.807) is 12.1 Å². The standard InChI is InChI=1S/C18H18N2O6/c1-24-16(21)10-7-15-18(8-13(19-23)11(10)9-26-15)12-5-3-4-6-14(12)20(25-2)17(18)22/h3-7,11,15,23H,8-9H2,1-2H3/b19-13-/t11?,15?,18-/m0/s1. The molecule has 8 heteroatoms. The van der Waals surface area contributed by atoms with Crippen molar-refractivity contribution in [2.24, 2.45) is 11.1 Å². The molecule has 3 atom stereocenters. The van der Waals surface area contributed by atoms with Gasteiger partial charge in [-0.2, -0.15) is 5.06 Å². The molecule has 26 heavy (non-hydrogen) atoms. The molecular weight excluding hydrogens is 340 g/mol. The van der Waals surface area contributed by atoms with Crippen LogP contribution in [0.5, 0.6) is 0 Å². The SMILES string of the molecule is COC(=O)C1=CC2OCC1/C(=N\O)C[C@@]21C(=O)N(OC)c2ccccc21. The molecule has 3 heterocycles. The molecule has 2 bridgehead atoms. The van der Waals surface area contributed by atoms with Gasteiger partial charge in [0.25, 0.3) is 5.91 Å². The Balaban J connectivity index is 1.96. The van der Waals surface area contributed by atoms with Gasteiger partial charge in [-0.3, -0.25) is 9.63 Å². The van der Waals surface area contributed by atoms with Crippen LogP contribution in [-0.2, 0) is 29.3 Å². The lowest BCUT2D eigenvalue weighted by Crippen LogP contribution is -2.49. The van der Waals surface area contributed by atoms with Gasteiger partial charge in [0, 0.05) is 12.0 Å². The number of amides is 1. The second kappa shape index (κ2) is 5.93. The first-order chi connectivity index (χ1) is 12.6. The van der Waals surface area contributed by atoms with Gasteiger partial charge >= 0.3 is 5.97 Å². The van der Waals surface area contributed by atoms with Crippen LogP contribution in [-0.4, -0.2) is 49.7 Å². The Kier molecular flexibility index (Phi) is 3.82. The second-order valence-electron chi connectivity index (χ2n) is 6.46. The van der Waals surface area contributed by atoms with Gasteiger partial charge in [-0.15, -0.1) is 0 Å². The molecule has 1 spiro atoms. The summed E-state index contributed by atoms with van der Waals surface area (Å²) in [4.78, 5) is 30.9. The quantitative estimate of drug-likeness (QED) is 0.484. The molecule has 5 rings (SSSR count). The highest BCUT2D eigenvalue weighted by atomic mass is 16.7. The number of methoxy groups -OCH3 is 1. The lowest BCUT2D eigenvalue weighted by Gasteiger charge is -2.33. The van der Waals surface area contributed by atoms with Crippen molar-refractivity contribution in [1.29, 1.82) is 0 Å². The van der Waals surface area contributed by atoms with Crippen LogP contribution in [0.1, 0.15) is 12.0 Å². The topological polar surface area (TPSA) is 97.7 Å². The fourth-order valence-electron chi connectivity index (χ4n) is 4.18. The predicted molar refractivity (Wildman–Crippen MR) is 89.8 cm³/mol. The van der Waals surface area contributed by atoms with Crippen LogP contribution in [0.3, 0.4) is 0 Å². The highest BCUT2D eigenvalue weighted by Gasteiger charge is 2.60. The number of carbonyl (C=O) groups excluding carboxylic acids is 2. The molecule has 1 aliphatic carbocycles. The first-order valence-electron chi connectivity index (χ1n) is 8.19. The Hall–Kier alpha value is -2.71. The summed E-state index contributed by atoms with van der Waals surface area (Å²) in [5.74, 6) is -1.40. The van der Waals surface area contributed by atoms with E-state index in [4.69, 9.17) is 14.3 Å². The number of nitrogens with zero attached hydrogens (tertiary/aromatic N) is 2. The van der Waals surface area contributed by atoms with Crippen LogP contribution in [0.25, 0.3) is 0 Å². The number of esters is 1. The van der Waals surface area contributed by atoms with Crippen LogP contribution in [0.4, 0.5) is 5.69 Å². The molecule has 0 saturated carbocycles. The average molecular weight is 358 g/mol. The van der Waals surface area contributed by atoms with Gasteiger partial charge in [0.05, 0.1) is 44.2 Å². The van der Waals surface area contributed by atoms with E-state index in [1.807, 2.05) is 18.2 Å². The average Bonchev–Trinajstić information content (AvgIpc) is 2.80. The van der Waals surface area contributed by atoms with E-state index in [-0.39, 0.29) is 18.9 Å². The summed E-state index contributed by atoms with van der Waals surface area (Å²) in [5, 5.41) is 14.2. The molecule has 3 aliphatic heterocycles. The largest absolute Gasteiger partial charge is 0.466 e. The van der Waals surface area contributed by atoms with Crippen molar-refractivity contribution in [1.82, 2.24) is 0 Å². The van der Waals surface area contributed by atoms with Gasteiger partial charge in [-0.1, -0.05) is 23.4 Å². The molecule has 2 unspecified atom stereocenters. The molecule has 1 fully saturated rings. The van der Waals surface area contributed by atoms with Crippen molar-refractivity contribution >= 4 is 23.3 Å². The summed E-state index contributed by atoms with van der Waals surface area (Å²) >= 11 is 0. The fourth-order valence-corrected chi connectivity index (χ4v) is 4.18. The van der Waals surface area contributed by atoms with Gasteiger partial charge < -0.3 is 14.7 Å². The van der Waals surface area contributed by atoms with E-state index in [2.05, 4.69) is 5.16 Å². The highest BCUT2D eigenvalue weighted by Crippen LogP contribution is 2.51. The van der Waals surface area contributed by atoms with Crippen LogP contribution in [0, 0.1) is 5.92 Å². The van der Waals surface area contributed by atoms with E-state index < -0.39 is 23.4 Å². The lowest BCUT2D eigenvalue weighted by atomic mass is 9.73. The number of fused-ring (bicyclic) bond motifs is 3. The van der Waals surface area contributed by atoms with Gasteiger partial charge in [-0.25, -0.2) is 4.79 Å². The van der Waals surface area contributed by atoms with Gasteiger partial charge in [0.2, 0.25) is 0 Å². The van der Waals surface area contributed by atoms with Crippen molar-refractivity contribution in [3.05, 3.63) is 41.5 Å². The number of rotatable bonds is 2. The number of oxime groups is 1. The number of hydroxylamine groups is 1. The minimum absolute atomic E-state index is 0.117. The fraction of sp³-hybridized carbons (Fsp3) is 0.389. The van der Waals surface area contributed by atoms with Gasteiger partial charge in [0.15, 0.2) is 0 Å². The van der Waals surface area contributed by atoms with E-state index >= 15 is 0 Å². The van der Waals surface area contributed by atoms with E-state index in [0.29, 0.717) is 22.5 Å². The van der Waals surface area contributed by atoms with E-state index in [1.165, 1.54) is 19.3 Å². The van der Waals surface area contributed by atoms with E-state index in [9.17, 15) is 14.8 Å². The first kappa shape index (κ1) is 16.7. The minimum Gasteiger partial charge on any atom is -0.466 e. The molecular formula is C18H18N2O6. The lowest BCUT2D eigenvalue weighted by molar-refractivity contribution is -0.138. The number of ether oxygens (including phenoxy) is 2. The van der Waals surface area contributed by atoms with Crippen LogP contribution in [0.15, 0.2) is 41.1 Å². The highest BCUT2D eigenvalue weighted by molar-refractivity contribution is 6.12. The van der Waals surface area contributed by atoms with Crippen LogP contribution < -0.4 is 5.06 Å². The molecule has 1 saturated heterocycles. The number of benzene rings is 1. The smallest absolute Gasteiger partial charge is 0.334 e. The van der Waals surface area contributed by atoms with Gasteiger partial charge in [0.1, 0.15) is 5.41 Å². The van der Waals surface area contributed by atoms with Crippen LogP contribution in [0.2, 0.25) is 0 Å².